The lowest BCUT2D eigenvalue weighted by molar-refractivity contribution is -0.0979. The first-order valence-electron chi connectivity index (χ1n) is 12.1. The second-order valence-electron chi connectivity index (χ2n) is 8.79. The fraction of sp³-hybridized carbons (Fsp3) is 0.379. The second kappa shape index (κ2) is 10.7. The lowest BCUT2D eigenvalue weighted by Gasteiger charge is -2.32. The van der Waals surface area contributed by atoms with Crippen LogP contribution in [0.5, 0.6) is 0 Å². The first kappa shape index (κ1) is 25.9. The molecule has 1 aromatic carbocycles. The minimum absolute atomic E-state index is 0.264. The van der Waals surface area contributed by atoms with E-state index in [2.05, 4.69) is 38.0 Å². The average Bonchev–Trinajstić information content (AvgIpc) is 3.23. The first-order chi connectivity index (χ1) is 16.4. The van der Waals surface area contributed by atoms with Crippen molar-refractivity contribution in [2.24, 2.45) is 5.92 Å². The van der Waals surface area contributed by atoms with Crippen LogP contribution in [0.4, 0.5) is 4.39 Å². The Morgan fingerprint density at radius 1 is 1.21 bits per heavy atom. The number of allylic oxidation sites excluding steroid dienone is 4. The summed E-state index contributed by atoms with van der Waals surface area (Å²) >= 11 is 6.34. The van der Waals surface area contributed by atoms with Gasteiger partial charge >= 0.3 is 0 Å². The summed E-state index contributed by atoms with van der Waals surface area (Å²) in [6.07, 6.45) is 8.91. The number of carbonyl (C=O) groups excluding carboxylic acids is 1. The highest BCUT2D eigenvalue weighted by molar-refractivity contribution is 6.32. The summed E-state index contributed by atoms with van der Waals surface area (Å²) in [7, 11) is 0. The zero-order chi connectivity index (χ0) is 25.2. The van der Waals surface area contributed by atoms with E-state index in [1.807, 2.05) is 26.7 Å². The van der Waals surface area contributed by atoms with Crippen molar-refractivity contribution in [1.82, 2.24) is 9.88 Å². The van der Waals surface area contributed by atoms with Gasteiger partial charge in [0.1, 0.15) is 12.6 Å². The lowest BCUT2D eigenvalue weighted by atomic mass is 9.86. The summed E-state index contributed by atoms with van der Waals surface area (Å²) in [5.74, 6) is 0.0211. The third-order valence-corrected chi connectivity index (χ3v) is 7.13. The van der Waals surface area contributed by atoms with Crippen LogP contribution >= 0.6 is 11.6 Å². The van der Waals surface area contributed by atoms with Crippen LogP contribution in [0.1, 0.15) is 69.3 Å². The fourth-order valence-corrected chi connectivity index (χ4v) is 5.52. The van der Waals surface area contributed by atoms with Crippen LogP contribution in [0, 0.1) is 11.7 Å². The van der Waals surface area contributed by atoms with Crippen molar-refractivity contribution in [3.8, 4) is 0 Å². The van der Waals surface area contributed by atoms with Crippen molar-refractivity contribution in [2.75, 3.05) is 0 Å². The molecular formula is C29H34ClFN2O. The summed E-state index contributed by atoms with van der Waals surface area (Å²) in [5.41, 5.74) is 9.97. The van der Waals surface area contributed by atoms with Crippen LogP contribution in [-0.4, -0.2) is 16.7 Å². The molecule has 3 aliphatic rings. The molecular weight excluding hydrogens is 447 g/mol. The van der Waals surface area contributed by atoms with Gasteiger partial charge in [-0.2, -0.15) is 0 Å². The van der Waals surface area contributed by atoms with Gasteiger partial charge in [0, 0.05) is 22.7 Å². The molecule has 0 amide bonds. The number of benzene rings is 1. The zero-order valence-electron chi connectivity index (χ0n) is 20.7. The van der Waals surface area contributed by atoms with Gasteiger partial charge in [0.15, 0.2) is 0 Å². The summed E-state index contributed by atoms with van der Waals surface area (Å²) < 4.78 is 14.5. The van der Waals surface area contributed by atoms with Crippen LogP contribution in [0.3, 0.4) is 0 Å². The number of aryl methyl sites for hydroxylation is 2. The minimum Gasteiger partial charge on any atom is -0.335 e. The Balaban J connectivity index is 0.000000771. The number of carbonyl (C=O) groups is 1. The number of nitrogens with zero attached hydrogens (tertiary/aromatic N) is 2. The second-order valence-corrected chi connectivity index (χ2v) is 9.17. The molecule has 0 atom stereocenters. The smallest absolute Gasteiger partial charge is 0.144 e. The molecule has 3 heterocycles. The molecule has 0 N–H and O–H groups in total. The first-order valence-corrected chi connectivity index (χ1v) is 12.4. The average molecular weight is 481 g/mol. The monoisotopic (exact) mass is 480 g/mol. The number of rotatable bonds is 4. The molecule has 2 aliphatic heterocycles. The van der Waals surface area contributed by atoms with E-state index in [4.69, 9.17) is 21.4 Å². The number of halogens is 2. The Morgan fingerprint density at radius 2 is 1.88 bits per heavy atom. The van der Waals surface area contributed by atoms with E-state index in [1.54, 1.807) is 0 Å². The Kier molecular flexibility index (Phi) is 8.14. The van der Waals surface area contributed by atoms with Crippen LogP contribution in [0.15, 0.2) is 48.2 Å². The largest absolute Gasteiger partial charge is 0.335 e. The maximum atomic E-state index is 14.5. The van der Waals surface area contributed by atoms with Gasteiger partial charge in [-0.15, -0.1) is 6.58 Å². The van der Waals surface area contributed by atoms with Gasteiger partial charge in [-0.25, -0.2) is 9.37 Å². The van der Waals surface area contributed by atoms with Crippen molar-refractivity contribution >= 4 is 35.0 Å². The van der Waals surface area contributed by atoms with Crippen molar-refractivity contribution in [3.05, 3.63) is 81.4 Å². The highest BCUT2D eigenvalue weighted by Crippen LogP contribution is 2.47. The van der Waals surface area contributed by atoms with Gasteiger partial charge in [0.25, 0.3) is 0 Å². The van der Waals surface area contributed by atoms with Crippen LogP contribution in [0.25, 0.3) is 16.6 Å². The number of pyridine rings is 1. The highest BCUT2D eigenvalue weighted by Gasteiger charge is 2.36. The Labute approximate surface area is 207 Å². The van der Waals surface area contributed by atoms with Crippen LogP contribution < -0.4 is 0 Å². The number of hydrogen-bond donors (Lipinski definition) is 0. The van der Waals surface area contributed by atoms with Gasteiger partial charge in [0.05, 0.1) is 28.5 Å². The number of fused-ring (bicyclic) bond motifs is 4. The van der Waals surface area contributed by atoms with E-state index in [-0.39, 0.29) is 10.8 Å². The Morgan fingerprint density at radius 3 is 2.53 bits per heavy atom. The SMILES string of the molecule is C=CCCC1=C(C(C)C)C=C2c3nc4cc(F)c(Cl)c5c4c(c3CN2C1=C)CCC5.C=O.CC. The summed E-state index contributed by atoms with van der Waals surface area (Å²) in [5, 5.41) is 1.33. The molecule has 0 saturated heterocycles. The molecule has 0 radical (unpaired) electrons. The summed E-state index contributed by atoms with van der Waals surface area (Å²) in [6.45, 7) is 19.6. The molecule has 3 nitrogen and oxygen atoms in total. The molecule has 0 saturated carbocycles. The standard InChI is InChI=1S/C26H26ClFN2.C2H6.CH2O/c1-5-6-8-16-15(4)30-13-20-17-9-7-10-18-24(17)22(12-21(28)25(18)27)29-26(20)23(30)11-19(16)14(2)3;2*1-2/h5,11-12,14H,1,4,6-10,13H2,2-3H3;1-2H3;1H2. The Bertz CT molecular complexity index is 1210. The van der Waals surface area contributed by atoms with Gasteiger partial charge < -0.3 is 9.69 Å². The van der Waals surface area contributed by atoms with Gasteiger partial charge in [-0.05, 0) is 66.4 Å². The van der Waals surface area contributed by atoms with Crippen molar-refractivity contribution < 1.29 is 9.18 Å². The van der Waals surface area contributed by atoms with Crippen LogP contribution in [-0.2, 0) is 24.2 Å². The molecule has 0 spiro atoms. The number of hydrogen-bond acceptors (Lipinski definition) is 3. The van der Waals surface area contributed by atoms with E-state index in [0.29, 0.717) is 5.92 Å². The van der Waals surface area contributed by atoms with E-state index in [1.165, 1.54) is 28.3 Å². The third kappa shape index (κ3) is 4.13. The molecule has 2 aromatic rings. The highest BCUT2D eigenvalue weighted by atomic mass is 35.5. The molecule has 1 aromatic heterocycles. The molecule has 1 aliphatic carbocycles. The van der Waals surface area contributed by atoms with Gasteiger partial charge in [-0.3, -0.25) is 0 Å². The topological polar surface area (TPSA) is 33.2 Å². The van der Waals surface area contributed by atoms with E-state index < -0.39 is 0 Å². The van der Waals surface area contributed by atoms with E-state index >= 15 is 0 Å². The van der Waals surface area contributed by atoms with E-state index in [9.17, 15) is 4.39 Å². The molecule has 0 unspecified atom stereocenters. The van der Waals surface area contributed by atoms with Gasteiger partial charge in [-0.1, -0.05) is 52.0 Å². The molecule has 0 bridgehead atoms. The maximum Gasteiger partial charge on any atom is 0.144 e. The maximum absolute atomic E-state index is 14.5. The predicted molar refractivity (Wildman–Crippen MR) is 141 cm³/mol. The fourth-order valence-electron chi connectivity index (χ4n) is 5.28. The quantitative estimate of drug-likeness (QED) is 0.416. The summed E-state index contributed by atoms with van der Waals surface area (Å²) in [6, 6.07) is 1.51. The normalized spacial score (nSPS) is 15.8. The molecule has 180 valence electrons. The van der Waals surface area contributed by atoms with Crippen molar-refractivity contribution in [2.45, 2.75) is 66.3 Å². The van der Waals surface area contributed by atoms with Crippen LogP contribution in [0.2, 0.25) is 5.02 Å². The Hall–Kier alpha value is -2.72. The van der Waals surface area contributed by atoms with Crippen molar-refractivity contribution in [1.29, 1.82) is 0 Å². The summed E-state index contributed by atoms with van der Waals surface area (Å²) in [4.78, 5) is 15.3. The third-order valence-electron chi connectivity index (χ3n) is 6.72. The molecule has 5 heteroatoms. The van der Waals surface area contributed by atoms with Gasteiger partial charge in [0.2, 0.25) is 0 Å². The molecule has 34 heavy (non-hydrogen) atoms. The number of aromatic nitrogens is 1. The molecule has 0 fully saturated rings. The lowest BCUT2D eigenvalue weighted by Crippen LogP contribution is -2.21. The van der Waals surface area contributed by atoms with Crippen molar-refractivity contribution in [3.63, 3.8) is 0 Å². The minimum atomic E-state index is -0.370. The zero-order valence-corrected chi connectivity index (χ0v) is 21.5. The predicted octanol–water partition coefficient (Wildman–Crippen LogP) is 7.96. The van der Waals surface area contributed by atoms with E-state index in [0.717, 1.165) is 72.2 Å². The molecule has 5 rings (SSSR count).